The molecule has 3 aromatic rings. The van der Waals surface area contributed by atoms with Crippen LogP contribution in [0.15, 0.2) is 48.5 Å². The largest absolute Gasteiger partial charge is 0.416 e. The topological polar surface area (TPSA) is 50.7 Å². The molecule has 0 amide bonds. The van der Waals surface area contributed by atoms with Gasteiger partial charge >= 0.3 is 6.18 Å². The first-order valence-corrected chi connectivity index (χ1v) is 8.22. The molecule has 1 heterocycles. The van der Waals surface area contributed by atoms with Gasteiger partial charge in [-0.2, -0.15) is 23.1 Å². The van der Waals surface area contributed by atoms with Crippen molar-refractivity contribution in [2.24, 2.45) is 0 Å². The molecule has 4 nitrogen and oxygen atoms in total. The quantitative estimate of drug-likeness (QED) is 0.624. The van der Waals surface area contributed by atoms with E-state index in [0.29, 0.717) is 12.1 Å². The van der Waals surface area contributed by atoms with Gasteiger partial charge in [-0.3, -0.25) is 0 Å². The smallest absolute Gasteiger partial charge is 0.350 e. The minimum atomic E-state index is -4.42. The lowest BCUT2D eigenvalue weighted by molar-refractivity contribution is -0.137. The Morgan fingerprint density at radius 3 is 2.37 bits per heavy atom. The average Bonchev–Trinajstić information content (AvgIpc) is 2.60. The first-order valence-electron chi connectivity index (χ1n) is 7.84. The van der Waals surface area contributed by atoms with E-state index in [4.69, 9.17) is 11.6 Å². The van der Waals surface area contributed by atoms with Crippen LogP contribution >= 0.6 is 11.6 Å². The second-order valence-electron chi connectivity index (χ2n) is 5.70. The molecule has 1 aromatic heterocycles. The van der Waals surface area contributed by atoms with Gasteiger partial charge in [0.2, 0.25) is 11.2 Å². The molecule has 0 spiro atoms. The van der Waals surface area contributed by atoms with Crippen molar-refractivity contribution in [1.82, 2.24) is 15.0 Å². The van der Waals surface area contributed by atoms with Crippen LogP contribution in [0.5, 0.6) is 0 Å². The van der Waals surface area contributed by atoms with Gasteiger partial charge in [0.1, 0.15) is 11.6 Å². The van der Waals surface area contributed by atoms with E-state index in [-0.39, 0.29) is 29.3 Å². The summed E-state index contributed by atoms with van der Waals surface area (Å²) in [4.78, 5) is 12.1. The Bertz CT molecular complexity index is 929. The third-order valence-corrected chi connectivity index (χ3v) is 3.80. The van der Waals surface area contributed by atoms with Gasteiger partial charge in [-0.25, -0.2) is 9.37 Å². The molecule has 0 saturated carbocycles. The summed E-state index contributed by atoms with van der Waals surface area (Å²) in [5, 5.41) is 2.86. The number of alkyl halides is 3. The van der Waals surface area contributed by atoms with Gasteiger partial charge in [-0.05, 0) is 40.9 Å². The third-order valence-electron chi connectivity index (χ3n) is 3.63. The molecule has 0 saturated heterocycles. The molecule has 0 atom stereocenters. The van der Waals surface area contributed by atoms with E-state index in [0.717, 1.165) is 17.7 Å². The van der Waals surface area contributed by atoms with Crippen molar-refractivity contribution < 1.29 is 17.6 Å². The van der Waals surface area contributed by atoms with Gasteiger partial charge in [-0.1, -0.05) is 30.3 Å². The fourth-order valence-corrected chi connectivity index (χ4v) is 2.55. The lowest BCUT2D eigenvalue weighted by Gasteiger charge is -2.09. The van der Waals surface area contributed by atoms with E-state index in [1.165, 1.54) is 18.2 Å². The number of hydrogen-bond donors (Lipinski definition) is 1. The van der Waals surface area contributed by atoms with Crippen LogP contribution in [0.2, 0.25) is 5.28 Å². The number of rotatable bonds is 5. The van der Waals surface area contributed by atoms with E-state index in [1.54, 1.807) is 18.2 Å². The molecule has 0 radical (unpaired) electrons. The number of aromatic nitrogens is 3. The maximum Gasteiger partial charge on any atom is 0.416 e. The number of hydrogen-bond acceptors (Lipinski definition) is 4. The fraction of sp³-hybridized carbons (Fsp3) is 0.167. The number of nitrogens with one attached hydrogen (secondary N) is 1. The van der Waals surface area contributed by atoms with Crippen LogP contribution in [-0.4, -0.2) is 15.0 Å². The van der Waals surface area contributed by atoms with E-state index in [1.807, 2.05) is 0 Å². The SMILES string of the molecule is Fc1ccc(CNc2nc(Cl)nc(Cc3cccc(C(F)(F)F)c3)n2)cc1. The Balaban J connectivity index is 1.74. The molecule has 2 aromatic carbocycles. The van der Waals surface area contributed by atoms with Gasteiger partial charge in [0.15, 0.2) is 0 Å². The zero-order valence-corrected chi connectivity index (χ0v) is 14.5. The molecule has 3 rings (SSSR count). The highest BCUT2D eigenvalue weighted by Gasteiger charge is 2.30. The van der Waals surface area contributed by atoms with E-state index < -0.39 is 11.7 Å². The molecule has 1 N–H and O–H groups in total. The number of benzene rings is 2. The van der Waals surface area contributed by atoms with Crippen molar-refractivity contribution >= 4 is 17.5 Å². The van der Waals surface area contributed by atoms with Crippen molar-refractivity contribution in [3.05, 3.63) is 82.1 Å². The van der Waals surface area contributed by atoms with Crippen LogP contribution in [0.1, 0.15) is 22.5 Å². The van der Waals surface area contributed by atoms with E-state index in [2.05, 4.69) is 20.3 Å². The first-order chi connectivity index (χ1) is 12.8. The summed E-state index contributed by atoms with van der Waals surface area (Å²) >= 11 is 5.89. The van der Waals surface area contributed by atoms with Crippen LogP contribution in [0.25, 0.3) is 0 Å². The number of nitrogens with zero attached hydrogens (tertiary/aromatic N) is 3. The fourth-order valence-electron chi connectivity index (χ4n) is 2.37. The van der Waals surface area contributed by atoms with Gasteiger partial charge in [0, 0.05) is 13.0 Å². The maximum absolute atomic E-state index is 12.9. The zero-order valence-electron chi connectivity index (χ0n) is 13.8. The second-order valence-corrected chi connectivity index (χ2v) is 6.04. The Kier molecular flexibility index (Phi) is 5.55. The summed E-state index contributed by atoms with van der Waals surface area (Å²) in [5.41, 5.74) is 0.457. The van der Waals surface area contributed by atoms with Gasteiger partial charge in [-0.15, -0.1) is 0 Å². The second kappa shape index (κ2) is 7.87. The van der Waals surface area contributed by atoms with Crippen molar-refractivity contribution in [2.45, 2.75) is 19.1 Å². The standard InChI is InChI=1S/C18H13ClF4N4/c19-16-25-15(9-12-2-1-3-13(8-12)18(21,22)23)26-17(27-16)24-10-11-4-6-14(20)7-5-11/h1-8H,9-10H2,(H,24,25,26,27). The molecular weight excluding hydrogens is 384 g/mol. The van der Waals surface area contributed by atoms with Crippen LogP contribution in [0.4, 0.5) is 23.5 Å². The van der Waals surface area contributed by atoms with Crippen LogP contribution in [-0.2, 0) is 19.1 Å². The highest BCUT2D eigenvalue weighted by Crippen LogP contribution is 2.29. The predicted octanol–water partition coefficient (Wildman–Crippen LogP) is 4.89. The summed E-state index contributed by atoms with van der Waals surface area (Å²) < 4.78 is 51.4. The highest BCUT2D eigenvalue weighted by molar-refractivity contribution is 6.28. The molecule has 9 heteroatoms. The maximum atomic E-state index is 12.9. The summed E-state index contributed by atoms with van der Waals surface area (Å²) in [5.74, 6) is 0.0718. The van der Waals surface area contributed by atoms with Crippen LogP contribution in [0, 0.1) is 5.82 Å². The van der Waals surface area contributed by atoms with Crippen LogP contribution in [0.3, 0.4) is 0 Å². The molecule has 0 aliphatic rings. The van der Waals surface area contributed by atoms with Gasteiger partial charge in [0.25, 0.3) is 0 Å². The molecule has 0 aliphatic heterocycles. The summed E-state index contributed by atoms with van der Waals surface area (Å²) in [7, 11) is 0. The summed E-state index contributed by atoms with van der Waals surface area (Å²) in [6, 6.07) is 10.8. The van der Waals surface area contributed by atoms with Gasteiger partial charge in [0.05, 0.1) is 5.56 Å². The number of halogens is 5. The normalized spacial score (nSPS) is 11.4. The highest BCUT2D eigenvalue weighted by atomic mass is 35.5. The first kappa shape index (κ1) is 19.0. The molecule has 0 unspecified atom stereocenters. The lowest BCUT2D eigenvalue weighted by Crippen LogP contribution is -2.09. The monoisotopic (exact) mass is 396 g/mol. The van der Waals surface area contributed by atoms with Crippen molar-refractivity contribution in [3.63, 3.8) is 0 Å². The Morgan fingerprint density at radius 1 is 0.926 bits per heavy atom. The Morgan fingerprint density at radius 2 is 1.67 bits per heavy atom. The zero-order chi connectivity index (χ0) is 19.4. The minimum absolute atomic E-state index is 0.0669. The molecule has 0 bridgehead atoms. The average molecular weight is 397 g/mol. The molecule has 0 aliphatic carbocycles. The van der Waals surface area contributed by atoms with Gasteiger partial charge < -0.3 is 5.32 Å². The summed E-state index contributed by atoms with van der Waals surface area (Å²) in [6.45, 7) is 0.323. The lowest BCUT2D eigenvalue weighted by atomic mass is 10.1. The number of anilines is 1. The minimum Gasteiger partial charge on any atom is -0.350 e. The Hall–Kier alpha value is -2.74. The Labute approximate surface area is 157 Å². The van der Waals surface area contributed by atoms with Crippen molar-refractivity contribution in [3.8, 4) is 0 Å². The van der Waals surface area contributed by atoms with E-state index in [9.17, 15) is 17.6 Å². The van der Waals surface area contributed by atoms with Crippen molar-refractivity contribution in [1.29, 1.82) is 0 Å². The van der Waals surface area contributed by atoms with Crippen molar-refractivity contribution in [2.75, 3.05) is 5.32 Å². The molecule has 140 valence electrons. The van der Waals surface area contributed by atoms with Crippen LogP contribution < -0.4 is 5.32 Å². The molecular formula is C18H13ClF4N4. The molecule has 27 heavy (non-hydrogen) atoms. The predicted molar refractivity (Wildman–Crippen MR) is 92.8 cm³/mol. The summed E-state index contributed by atoms with van der Waals surface area (Å²) in [6.07, 6.45) is -4.36. The molecule has 0 fully saturated rings. The van der Waals surface area contributed by atoms with E-state index >= 15 is 0 Å². The third kappa shape index (κ3) is 5.37.